The van der Waals surface area contributed by atoms with Crippen LogP contribution in [-0.4, -0.2) is 32.8 Å². The van der Waals surface area contributed by atoms with E-state index in [0.29, 0.717) is 6.54 Å². The maximum Gasteiger partial charge on any atom is 0.141 e. The molecule has 1 aromatic heterocycles. The lowest BCUT2D eigenvalue weighted by atomic mass is 9.92. The molecular weight excluding hydrogens is 250 g/mol. The van der Waals surface area contributed by atoms with Crippen molar-refractivity contribution in [3.8, 4) is 0 Å². The maximum atomic E-state index is 6.02. The van der Waals surface area contributed by atoms with Crippen molar-refractivity contribution < 1.29 is 0 Å². The van der Waals surface area contributed by atoms with Crippen molar-refractivity contribution in [2.24, 2.45) is 5.73 Å². The molecule has 0 bridgehead atoms. The fraction of sp³-hybridized carbons (Fsp3) is 0.467. The molecule has 0 radical (unpaired) electrons. The molecule has 2 N–H and O–H groups in total. The molecule has 1 atom stereocenters. The van der Waals surface area contributed by atoms with Gasteiger partial charge in [0, 0.05) is 25.7 Å². The largest absolute Gasteiger partial charge is 0.329 e. The smallest absolute Gasteiger partial charge is 0.141 e. The van der Waals surface area contributed by atoms with Crippen LogP contribution in [0.4, 0.5) is 0 Å². The summed E-state index contributed by atoms with van der Waals surface area (Å²) in [6.45, 7) is 5.41. The average molecular weight is 271 g/mol. The first-order valence-electron chi connectivity index (χ1n) is 7.22. The Labute approximate surface area is 119 Å². The van der Waals surface area contributed by atoms with Crippen LogP contribution in [0.2, 0.25) is 0 Å². The van der Waals surface area contributed by atoms with Crippen LogP contribution in [0.5, 0.6) is 0 Å². The van der Waals surface area contributed by atoms with Gasteiger partial charge in [-0.05, 0) is 24.5 Å². The normalized spacial score (nSPS) is 19.0. The minimum Gasteiger partial charge on any atom is -0.329 e. The summed E-state index contributed by atoms with van der Waals surface area (Å²) in [5, 5.41) is 4.24. The van der Waals surface area contributed by atoms with Gasteiger partial charge >= 0.3 is 0 Å². The Bertz CT molecular complexity index is 577. The number of nitrogens with zero attached hydrogens (tertiary/aromatic N) is 4. The monoisotopic (exact) mass is 271 g/mol. The molecule has 0 fully saturated rings. The van der Waals surface area contributed by atoms with Crippen LogP contribution in [0.3, 0.4) is 0 Å². The van der Waals surface area contributed by atoms with Crippen molar-refractivity contribution in [2.75, 3.05) is 13.1 Å². The van der Waals surface area contributed by atoms with Crippen LogP contribution in [-0.2, 0) is 19.5 Å². The average Bonchev–Trinajstić information content (AvgIpc) is 2.94. The van der Waals surface area contributed by atoms with Gasteiger partial charge in [-0.2, -0.15) is 5.10 Å². The molecule has 106 valence electrons. The van der Waals surface area contributed by atoms with E-state index in [9.17, 15) is 0 Å². The van der Waals surface area contributed by atoms with Crippen molar-refractivity contribution in [1.29, 1.82) is 0 Å². The van der Waals surface area contributed by atoms with E-state index in [1.165, 1.54) is 11.1 Å². The molecule has 5 nitrogen and oxygen atoms in total. The standard InChI is InChI=1S/C15H21N5/c1-2-20-15(17-11-18-20)10-19-8-7-12-5-3-4-6-13(12)14(19)9-16/h3-6,11,14H,2,7-10,16H2,1H3. The number of rotatable bonds is 4. The van der Waals surface area contributed by atoms with E-state index < -0.39 is 0 Å². The highest BCUT2D eigenvalue weighted by atomic mass is 15.3. The third-order valence-electron chi connectivity index (χ3n) is 4.09. The third kappa shape index (κ3) is 2.34. The quantitative estimate of drug-likeness (QED) is 0.912. The first-order valence-corrected chi connectivity index (χ1v) is 7.22. The van der Waals surface area contributed by atoms with Gasteiger partial charge in [-0.15, -0.1) is 0 Å². The minimum absolute atomic E-state index is 0.280. The van der Waals surface area contributed by atoms with E-state index in [2.05, 4.69) is 46.2 Å². The van der Waals surface area contributed by atoms with Crippen LogP contribution in [0, 0.1) is 0 Å². The Morgan fingerprint density at radius 2 is 2.20 bits per heavy atom. The second-order valence-electron chi connectivity index (χ2n) is 5.16. The van der Waals surface area contributed by atoms with E-state index in [1.807, 2.05) is 4.68 Å². The molecule has 0 saturated carbocycles. The van der Waals surface area contributed by atoms with E-state index >= 15 is 0 Å². The van der Waals surface area contributed by atoms with Crippen LogP contribution in [0.25, 0.3) is 0 Å². The van der Waals surface area contributed by atoms with Gasteiger partial charge in [-0.1, -0.05) is 24.3 Å². The van der Waals surface area contributed by atoms with Gasteiger partial charge < -0.3 is 5.73 Å². The zero-order valence-corrected chi connectivity index (χ0v) is 11.9. The fourth-order valence-corrected chi connectivity index (χ4v) is 3.03. The summed E-state index contributed by atoms with van der Waals surface area (Å²) in [7, 11) is 0. The predicted octanol–water partition coefficient (Wildman–Crippen LogP) is 1.36. The highest BCUT2D eigenvalue weighted by Gasteiger charge is 2.26. The van der Waals surface area contributed by atoms with Crippen LogP contribution in [0.1, 0.15) is 29.9 Å². The molecule has 2 aromatic rings. The van der Waals surface area contributed by atoms with Gasteiger partial charge in [0.2, 0.25) is 0 Å². The van der Waals surface area contributed by atoms with E-state index in [0.717, 1.165) is 31.9 Å². The van der Waals surface area contributed by atoms with Crippen LogP contribution >= 0.6 is 0 Å². The van der Waals surface area contributed by atoms with Gasteiger partial charge in [0.1, 0.15) is 12.2 Å². The van der Waals surface area contributed by atoms with Gasteiger partial charge in [0.25, 0.3) is 0 Å². The van der Waals surface area contributed by atoms with Crippen molar-refractivity contribution in [3.63, 3.8) is 0 Å². The fourth-order valence-electron chi connectivity index (χ4n) is 3.03. The summed E-state index contributed by atoms with van der Waals surface area (Å²) >= 11 is 0. The molecule has 20 heavy (non-hydrogen) atoms. The zero-order valence-electron chi connectivity index (χ0n) is 11.9. The summed E-state index contributed by atoms with van der Waals surface area (Å²) in [6, 6.07) is 8.89. The van der Waals surface area contributed by atoms with E-state index in [4.69, 9.17) is 5.73 Å². The predicted molar refractivity (Wildman–Crippen MR) is 78.0 cm³/mol. The highest BCUT2D eigenvalue weighted by Crippen LogP contribution is 2.29. The number of aromatic nitrogens is 3. The zero-order chi connectivity index (χ0) is 13.9. The Hall–Kier alpha value is -1.72. The summed E-state index contributed by atoms with van der Waals surface area (Å²) in [6.07, 6.45) is 2.71. The molecule has 0 amide bonds. The SMILES string of the molecule is CCn1ncnc1CN1CCc2ccccc2C1CN. The molecule has 0 spiro atoms. The summed E-state index contributed by atoms with van der Waals surface area (Å²) in [5.74, 6) is 1.02. The molecular formula is C15H21N5. The molecule has 0 aliphatic carbocycles. The lowest BCUT2D eigenvalue weighted by Gasteiger charge is -2.36. The second-order valence-corrected chi connectivity index (χ2v) is 5.16. The highest BCUT2D eigenvalue weighted by molar-refractivity contribution is 5.32. The molecule has 1 aliphatic rings. The van der Waals surface area contributed by atoms with Crippen LogP contribution < -0.4 is 5.73 Å². The minimum atomic E-state index is 0.280. The van der Waals surface area contributed by atoms with E-state index in [1.54, 1.807) is 6.33 Å². The van der Waals surface area contributed by atoms with Gasteiger partial charge in [0.05, 0.1) is 6.54 Å². The lowest BCUT2D eigenvalue weighted by Crippen LogP contribution is -2.39. The van der Waals surface area contributed by atoms with Crippen LogP contribution in [0.15, 0.2) is 30.6 Å². The van der Waals surface area contributed by atoms with Gasteiger partial charge in [0.15, 0.2) is 0 Å². The maximum absolute atomic E-state index is 6.02. The first-order chi connectivity index (χ1) is 9.83. The molecule has 5 heteroatoms. The first kappa shape index (κ1) is 13.3. The number of hydrogen-bond donors (Lipinski definition) is 1. The number of hydrogen-bond acceptors (Lipinski definition) is 4. The number of aryl methyl sites for hydroxylation is 1. The summed E-state index contributed by atoms with van der Waals surface area (Å²) in [5.41, 5.74) is 8.82. The summed E-state index contributed by atoms with van der Waals surface area (Å²) in [4.78, 5) is 6.79. The topological polar surface area (TPSA) is 60.0 Å². The number of fused-ring (bicyclic) bond motifs is 1. The Balaban J connectivity index is 1.84. The molecule has 3 rings (SSSR count). The number of benzene rings is 1. The Kier molecular flexibility index (Phi) is 3.80. The van der Waals surface area contributed by atoms with Crippen molar-refractivity contribution in [3.05, 3.63) is 47.5 Å². The lowest BCUT2D eigenvalue weighted by molar-refractivity contribution is 0.173. The van der Waals surface area contributed by atoms with Crippen molar-refractivity contribution >= 4 is 0 Å². The Morgan fingerprint density at radius 1 is 1.35 bits per heavy atom. The molecule has 2 heterocycles. The summed E-state index contributed by atoms with van der Waals surface area (Å²) < 4.78 is 1.95. The van der Waals surface area contributed by atoms with Crippen molar-refractivity contribution in [2.45, 2.75) is 32.5 Å². The van der Waals surface area contributed by atoms with Gasteiger partial charge in [-0.25, -0.2) is 9.67 Å². The number of nitrogens with two attached hydrogens (primary N) is 1. The molecule has 1 aromatic carbocycles. The molecule has 1 aliphatic heterocycles. The van der Waals surface area contributed by atoms with Gasteiger partial charge in [-0.3, -0.25) is 4.90 Å². The Morgan fingerprint density at radius 3 is 3.00 bits per heavy atom. The van der Waals surface area contributed by atoms with E-state index in [-0.39, 0.29) is 6.04 Å². The third-order valence-corrected chi connectivity index (χ3v) is 4.09. The molecule has 1 unspecified atom stereocenters. The second kappa shape index (κ2) is 5.73. The molecule has 0 saturated heterocycles. The van der Waals surface area contributed by atoms with Crippen molar-refractivity contribution in [1.82, 2.24) is 19.7 Å².